The normalized spacial score (nSPS) is 11.7. The molecule has 24 heavy (non-hydrogen) atoms. The molecule has 0 bridgehead atoms. The van der Waals surface area contributed by atoms with Gasteiger partial charge in [-0.2, -0.15) is 0 Å². The summed E-state index contributed by atoms with van der Waals surface area (Å²) >= 11 is 0. The van der Waals surface area contributed by atoms with Gasteiger partial charge < -0.3 is 20.5 Å². The van der Waals surface area contributed by atoms with Crippen LogP contribution in [0.15, 0.2) is 42.5 Å². The van der Waals surface area contributed by atoms with E-state index in [1.807, 2.05) is 37.3 Å². The number of amides is 1. The highest BCUT2D eigenvalue weighted by atomic mass is 16.5. The van der Waals surface area contributed by atoms with Crippen LogP contribution in [0.2, 0.25) is 0 Å². The van der Waals surface area contributed by atoms with Crippen molar-refractivity contribution in [3.8, 4) is 11.5 Å². The maximum atomic E-state index is 12.3. The lowest BCUT2D eigenvalue weighted by atomic mass is 10.1. The average molecular weight is 328 g/mol. The van der Waals surface area contributed by atoms with E-state index in [0.29, 0.717) is 30.0 Å². The van der Waals surface area contributed by atoms with E-state index in [4.69, 9.17) is 15.2 Å². The molecule has 0 saturated carbocycles. The molecule has 1 unspecified atom stereocenters. The van der Waals surface area contributed by atoms with Crippen molar-refractivity contribution < 1.29 is 14.3 Å². The first-order valence-corrected chi connectivity index (χ1v) is 7.88. The molecule has 128 valence electrons. The fourth-order valence-electron chi connectivity index (χ4n) is 2.51. The van der Waals surface area contributed by atoms with E-state index < -0.39 is 0 Å². The number of carbonyl (C=O) groups is 1. The van der Waals surface area contributed by atoms with Crippen LogP contribution in [-0.4, -0.2) is 26.2 Å². The summed E-state index contributed by atoms with van der Waals surface area (Å²) in [5, 5.41) is 3.01. The zero-order valence-electron chi connectivity index (χ0n) is 14.3. The number of hydrogen-bond donors (Lipinski definition) is 2. The molecule has 0 aliphatic carbocycles. The Morgan fingerprint density at radius 2 is 1.67 bits per heavy atom. The van der Waals surface area contributed by atoms with Crippen LogP contribution >= 0.6 is 0 Å². The van der Waals surface area contributed by atoms with Gasteiger partial charge in [-0.1, -0.05) is 18.2 Å². The molecule has 0 aromatic heterocycles. The third kappa shape index (κ3) is 4.49. The Balaban J connectivity index is 1.99. The lowest BCUT2D eigenvalue weighted by Gasteiger charge is -2.15. The number of methoxy groups -OCH3 is 2. The molecule has 5 heteroatoms. The molecule has 0 spiro atoms. The maximum Gasteiger partial charge on any atom is 0.251 e. The summed E-state index contributed by atoms with van der Waals surface area (Å²) in [6.45, 7) is 2.44. The van der Waals surface area contributed by atoms with Crippen molar-refractivity contribution >= 4 is 5.91 Å². The highest BCUT2D eigenvalue weighted by Gasteiger charge is 2.12. The number of carbonyl (C=O) groups excluding carboxylic acids is 1. The standard InChI is InChI=1S/C19H24N2O3/c1-13(10-15-6-9-17(23-2)18(11-15)24-3)21-19(22)16-7-4-14(12-20)5-8-16/h4-9,11,13H,10,12,20H2,1-3H3,(H,21,22). The lowest BCUT2D eigenvalue weighted by molar-refractivity contribution is 0.0940. The van der Waals surface area contributed by atoms with Crippen molar-refractivity contribution in [2.45, 2.75) is 25.9 Å². The van der Waals surface area contributed by atoms with Crippen molar-refractivity contribution in [3.05, 3.63) is 59.2 Å². The van der Waals surface area contributed by atoms with Crippen molar-refractivity contribution in [1.82, 2.24) is 5.32 Å². The molecule has 0 radical (unpaired) electrons. The highest BCUT2D eigenvalue weighted by molar-refractivity contribution is 5.94. The van der Waals surface area contributed by atoms with Crippen LogP contribution in [0.1, 0.15) is 28.4 Å². The summed E-state index contributed by atoms with van der Waals surface area (Å²) in [6.07, 6.45) is 0.701. The second-order valence-electron chi connectivity index (χ2n) is 5.67. The highest BCUT2D eigenvalue weighted by Crippen LogP contribution is 2.27. The maximum absolute atomic E-state index is 12.3. The molecule has 3 N–H and O–H groups in total. The van der Waals surface area contributed by atoms with Crippen molar-refractivity contribution in [1.29, 1.82) is 0 Å². The van der Waals surface area contributed by atoms with E-state index in [1.54, 1.807) is 26.4 Å². The summed E-state index contributed by atoms with van der Waals surface area (Å²) in [6, 6.07) is 13.1. The van der Waals surface area contributed by atoms with Crippen molar-refractivity contribution in [3.63, 3.8) is 0 Å². The van der Waals surface area contributed by atoms with Crippen molar-refractivity contribution in [2.75, 3.05) is 14.2 Å². The van der Waals surface area contributed by atoms with Gasteiger partial charge in [0.25, 0.3) is 5.91 Å². The van der Waals surface area contributed by atoms with Crippen LogP contribution in [-0.2, 0) is 13.0 Å². The molecule has 0 aliphatic rings. The van der Waals surface area contributed by atoms with Gasteiger partial charge in [0, 0.05) is 18.2 Å². The van der Waals surface area contributed by atoms with Gasteiger partial charge in [-0.05, 0) is 48.7 Å². The largest absolute Gasteiger partial charge is 0.493 e. The second-order valence-corrected chi connectivity index (χ2v) is 5.67. The summed E-state index contributed by atoms with van der Waals surface area (Å²) in [5.74, 6) is 1.29. The van der Waals surface area contributed by atoms with Crippen LogP contribution in [0.25, 0.3) is 0 Å². The van der Waals surface area contributed by atoms with Gasteiger partial charge in [-0.15, -0.1) is 0 Å². The van der Waals surface area contributed by atoms with Crippen LogP contribution in [0.4, 0.5) is 0 Å². The predicted octanol–water partition coefficient (Wildman–Crippen LogP) is 2.52. The molecule has 1 amide bonds. The van der Waals surface area contributed by atoms with E-state index in [0.717, 1.165) is 11.1 Å². The van der Waals surface area contributed by atoms with Crippen LogP contribution in [0, 0.1) is 0 Å². The molecular formula is C19H24N2O3. The monoisotopic (exact) mass is 328 g/mol. The smallest absolute Gasteiger partial charge is 0.251 e. The first-order valence-electron chi connectivity index (χ1n) is 7.88. The molecule has 5 nitrogen and oxygen atoms in total. The second kappa shape index (κ2) is 8.36. The van der Waals surface area contributed by atoms with Crippen LogP contribution in [0.3, 0.4) is 0 Å². The van der Waals surface area contributed by atoms with Crippen molar-refractivity contribution in [2.24, 2.45) is 5.73 Å². The first kappa shape index (κ1) is 17.8. The van der Waals surface area contributed by atoms with Gasteiger partial charge in [-0.3, -0.25) is 4.79 Å². The van der Waals surface area contributed by atoms with Crippen LogP contribution < -0.4 is 20.5 Å². The quantitative estimate of drug-likeness (QED) is 0.819. The van der Waals surface area contributed by atoms with Gasteiger partial charge in [0.2, 0.25) is 0 Å². The Morgan fingerprint density at radius 3 is 2.25 bits per heavy atom. The summed E-state index contributed by atoms with van der Waals surface area (Å²) < 4.78 is 10.5. The molecule has 0 aliphatic heterocycles. The molecule has 1 atom stereocenters. The minimum absolute atomic E-state index is 0.00946. The van der Waals surface area contributed by atoms with Gasteiger partial charge in [0.1, 0.15) is 0 Å². The topological polar surface area (TPSA) is 73.6 Å². The predicted molar refractivity (Wildman–Crippen MR) is 94.5 cm³/mol. The SMILES string of the molecule is COc1ccc(CC(C)NC(=O)c2ccc(CN)cc2)cc1OC. The lowest BCUT2D eigenvalue weighted by Crippen LogP contribution is -2.34. The van der Waals surface area contributed by atoms with E-state index in [2.05, 4.69) is 5.32 Å². The molecule has 0 saturated heterocycles. The number of nitrogens with one attached hydrogen (secondary N) is 1. The van der Waals surface area contributed by atoms with E-state index in [-0.39, 0.29) is 11.9 Å². The Bertz CT molecular complexity index is 684. The number of benzene rings is 2. The van der Waals surface area contributed by atoms with Gasteiger partial charge in [0.15, 0.2) is 11.5 Å². The Hall–Kier alpha value is -2.53. The molecular weight excluding hydrogens is 304 g/mol. The minimum atomic E-state index is -0.0912. The third-order valence-corrected chi connectivity index (χ3v) is 3.82. The average Bonchev–Trinajstić information content (AvgIpc) is 2.61. The third-order valence-electron chi connectivity index (χ3n) is 3.82. The van der Waals surface area contributed by atoms with Gasteiger partial charge >= 0.3 is 0 Å². The van der Waals surface area contributed by atoms with E-state index in [1.165, 1.54) is 0 Å². The zero-order valence-corrected chi connectivity index (χ0v) is 14.3. The number of rotatable bonds is 7. The molecule has 2 aromatic carbocycles. The summed E-state index contributed by atoms with van der Waals surface area (Å²) in [7, 11) is 3.22. The van der Waals surface area contributed by atoms with Crippen LogP contribution in [0.5, 0.6) is 11.5 Å². The minimum Gasteiger partial charge on any atom is -0.493 e. The first-order chi connectivity index (χ1) is 11.6. The van der Waals surface area contributed by atoms with E-state index >= 15 is 0 Å². The van der Waals surface area contributed by atoms with Gasteiger partial charge in [-0.25, -0.2) is 0 Å². The van der Waals surface area contributed by atoms with Gasteiger partial charge in [0.05, 0.1) is 14.2 Å². The zero-order chi connectivity index (χ0) is 17.5. The summed E-state index contributed by atoms with van der Waals surface area (Å²) in [5.41, 5.74) is 8.27. The Kier molecular flexibility index (Phi) is 6.21. The molecule has 0 heterocycles. The molecule has 2 rings (SSSR count). The number of hydrogen-bond acceptors (Lipinski definition) is 4. The molecule has 0 fully saturated rings. The number of ether oxygens (including phenoxy) is 2. The fourth-order valence-corrected chi connectivity index (χ4v) is 2.51. The number of nitrogens with two attached hydrogens (primary N) is 1. The summed E-state index contributed by atoms with van der Waals surface area (Å²) in [4.78, 5) is 12.3. The Morgan fingerprint density at radius 1 is 1.04 bits per heavy atom. The molecule has 2 aromatic rings. The Labute approximate surface area is 142 Å². The fraction of sp³-hybridized carbons (Fsp3) is 0.316. The van der Waals surface area contributed by atoms with E-state index in [9.17, 15) is 4.79 Å².